The Morgan fingerprint density at radius 1 is 1.16 bits per heavy atom. The number of allylic oxidation sites excluding steroid dienone is 1. The SMILES string of the molecule is CCOC(=O)C1=C(C)N=c2s/c(=C\c3ccc(-c4ccc(Cl)c(Cl)c4)o3)c(=O)n2C1c1cccc(OC)c1. The number of ether oxygens (including phenoxy) is 2. The largest absolute Gasteiger partial charge is 0.497 e. The van der Waals surface area contributed by atoms with E-state index in [1.807, 2.05) is 12.1 Å². The molecule has 0 fully saturated rings. The Kier molecular flexibility index (Phi) is 7.29. The van der Waals surface area contributed by atoms with Gasteiger partial charge in [0.1, 0.15) is 17.3 Å². The number of rotatable bonds is 6. The van der Waals surface area contributed by atoms with Crippen molar-refractivity contribution < 1.29 is 18.7 Å². The second kappa shape index (κ2) is 10.6. The number of benzene rings is 2. The number of thiazole rings is 1. The van der Waals surface area contributed by atoms with Gasteiger partial charge in [-0.15, -0.1) is 0 Å². The van der Waals surface area contributed by atoms with E-state index in [4.69, 9.17) is 37.1 Å². The quantitative estimate of drug-likeness (QED) is 0.292. The first-order chi connectivity index (χ1) is 18.3. The van der Waals surface area contributed by atoms with Crippen LogP contribution in [0.4, 0.5) is 0 Å². The lowest BCUT2D eigenvalue weighted by atomic mass is 9.95. The molecule has 0 amide bonds. The van der Waals surface area contributed by atoms with Crippen molar-refractivity contribution in [3.8, 4) is 17.1 Å². The molecule has 1 aliphatic heterocycles. The summed E-state index contributed by atoms with van der Waals surface area (Å²) in [5.41, 5.74) is 1.95. The Labute approximate surface area is 231 Å². The highest BCUT2D eigenvalue weighted by atomic mass is 35.5. The van der Waals surface area contributed by atoms with Gasteiger partial charge in [0.2, 0.25) is 0 Å². The number of methoxy groups -OCH3 is 1. The zero-order valence-electron chi connectivity index (χ0n) is 20.7. The lowest BCUT2D eigenvalue weighted by molar-refractivity contribution is -0.139. The van der Waals surface area contributed by atoms with Crippen molar-refractivity contribution in [2.75, 3.05) is 13.7 Å². The summed E-state index contributed by atoms with van der Waals surface area (Å²) in [6.45, 7) is 3.68. The van der Waals surface area contributed by atoms with Crippen molar-refractivity contribution in [2.45, 2.75) is 19.9 Å². The normalized spacial score (nSPS) is 15.3. The highest BCUT2D eigenvalue weighted by Gasteiger charge is 2.33. The molecule has 1 atom stereocenters. The second-order valence-electron chi connectivity index (χ2n) is 8.41. The van der Waals surface area contributed by atoms with E-state index < -0.39 is 12.0 Å². The third-order valence-electron chi connectivity index (χ3n) is 6.03. The van der Waals surface area contributed by atoms with E-state index in [0.717, 1.165) is 5.56 Å². The molecule has 0 saturated heterocycles. The lowest BCUT2D eigenvalue weighted by Crippen LogP contribution is -2.39. The molecule has 2 aromatic carbocycles. The maximum absolute atomic E-state index is 13.8. The Balaban J connectivity index is 1.64. The van der Waals surface area contributed by atoms with Crippen LogP contribution in [0.2, 0.25) is 10.0 Å². The van der Waals surface area contributed by atoms with Crippen LogP contribution >= 0.6 is 34.5 Å². The minimum Gasteiger partial charge on any atom is -0.497 e. The van der Waals surface area contributed by atoms with Crippen LogP contribution in [0.5, 0.6) is 5.75 Å². The van der Waals surface area contributed by atoms with Crippen molar-refractivity contribution in [1.82, 2.24) is 4.57 Å². The van der Waals surface area contributed by atoms with Gasteiger partial charge in [-0.1, -0.05) is 46.7 Å². The van der Waals surface area contributed by atoms with Crippen LogP contribution in [0.1, 0.15) is 31.2 Å². The summed E-state index contributed by atoms with van der Waals surface area (Å²) >= 11 is 13.4. The summed E-state index contributed by atoms with van der Waals surface area (Å²) < 4.78 is 18.6. The number of aromatic nitrogens is 1. The Morgan fingerprint density at radius 2 is 1.97 bits per heavy atom. The third-order valence-corrected chi connectivity index (χ3v) is 7.75. The summed E-state index contributed by atoms with van der Waals surface area (Å²) in [5.74, 6) is 1.15. The van der Waals surface area contributed by atoms with E-state index in [0.29, 0.717) is 53.5 Å². The van der Waals surface area contributed by atoms with Gasteiger partial charge in [-0.25, -0.2) is 9.79 Å². The lowest BCUT2D eigenvalue weighted by Gasteiger charge is -2.24. The summed E-state index contributed by atoms with van der Waals surface area (Å²) in [7, 11) is 1.56. The van der Waals surface area contributed by atoms with Crippen LogP contribution in [-0.2, 0) is 9.53 Å². The number of furan rings is 1. The number of nitrogens with zero attached hydrogens (tertiary/aromatic N) is 2. The first-order valence-corrected chi connectivity index (χ1v) is 13.3. The minimum atomic E-state index is -0.731. The molecule has 194 valence electrons. The molecule has 38 heavy (non-hydrogen) atoms. The topological polar surface area (TPSA) is 83.0 Å². The Hall–Kier alpha value is -3.59. The summed E-state index contributed by atoms with van der Waals surface area (Å²) in [5, 5.41) is 0.868. The van der Waals surface area contributed by atoms with Crippen LogP contribution in [0.25, 0.3) is 17.4 Å². The molecule has 0 saturated carbocycles. The molecule has 0 N–H and O–H groups in total. The fourth-order valence-corrected chi connectivity index (χ4v) is 5.61. The van der Waals surface area contributed by atoms with E-state index in [-0.39, 0.29) is 12.2 Å². The maximum atomic E-state index is 13.8. The smallest absolute Gasteiger partial charge is 0.338 e. The molecule has 3 heterocycles. The van der Waals surface area contributed by atoms with Crippen molar-refractivity contribution in [2.24, 2.45) is 4.99 Å². The second-order valence-corrected chi connectivity index (χ2v) is 10.2. The van der Waals surface area contributed by atoms with Crippen LogP contribution < -0.4 is 19.6 Å². The molecule has 4 aromatic rings. The first kappa shape index (κ1) is 26.0. The number of hydrogen-bond donors (Lipinski definition) is 0. The molecule has 0 radical (unpaired) electrons. The molecule has 10 heteroatoms. The number of fused-ring (bicyclic) bond motifs is 1. The third kappa shape index (κ3) is 4.82. The highest BCUT2D eigenvalue weighted by molar-refractivity contribution is 7.07. The summed E-state index contributed by atoms with van der Waals surface area (Å²) in [6, 6.07) is 15.3. The van der Waals surface area contributed by atoms with Gasteiger partial charge in [-0.2, -0.15) is 0 Å². The van der Waals surface area contributed by atoms with Gasteiger partial charge >= 0.3 is 5.97 Å². The van der Waals surface area contributed by atoms with Crippen molar-refractivity contribution in [1.29, 1.82) is 0 Å². The zero-order valence-corrected chi connectivity index (χ0v) is 23.0. The van der Waals surface area contributed by atoms with Gasteiger partial charge < -0.3 is 13.9 Å². The molecule has 0 spiro atoms. The standard InChI is InChI=1S/C28H22Cl2N2O5S/c1-4-36-27(34)24-15(2)31-28-32(25(24)17-6-5-7-18(12-17)35-3)26(33)23(38-28)14-19-9-11-22(37-19)16-8-10-20(29)21(30)13-16/h5-14,25H,4H2,1-3H3/b23-14-. The summed E-state index contributed by atoms with van der Waals surface area (Å²) in [6.07, 6.45) is 1.66. The zero-order chi connectivity index (χ0) is 27.0. The molecule has 0 aliphatic carbocycles. The minimum absolute atomic E-state index is 0.199. The molecular formula is C28H22Cl2N2O5S. The van der Waals surface area contributed by atoms with E-state index >= 15 is 0 Å². The average molecular weight is 569 g/mol. The van der Waals surface area contributed by atoms with Crippen LogP contribution in [-0.4, -0.2) is 24.3 Å². The molecule has 2 aromatic heterocycles. The maximum Gasteiger partial charge on any atom is 0.338 e. The van der Waals surface area contributed by atoms with Gasteiger partial charge in [0.05, 0.1) is 45.6 Å². The van der Waals surface area contributed by atoms with E-state index in [2.05, 4.69) is 4.99 Å². The molecule has 7 nitrogen and oxygen atoms in total. The summed E-state index contributed by atoms with van der Waals surface area (Å²) in [4.78, 5) is 31.8. The molecule has 1 aliphatic rings. The monoisotopic (exact) mass is 568 g/mol. The first-order valence-electron chi connectivity index (χ1n) is 11.7. The number of carbonyl (C=O) groups is 1. The fraction of sp³-hybridized carbons (Fsp3) is 0.179. The highest BCUT2D eigenvalue weighted by Crippen LogP contribution is 2.33. The number of halogens is 2. The predicted molar refractivity (Wildman–Crippen MR) is 148 cm³/mol. The fourth-order valence-electron chi connectivity index (χ4n) is 4.28. The Morgan fingerprint density at radius 3 is 2.71 bits per heavy atom. The molecule has 0 bridgehead atoms. The van der Waals surface area contributed by atoms with Crippen LogP contribution in [0.3, 0.4) is 0 Å². The van der Waals surface area contributed by atoms with Gasteiger partial charge in [-0.3, -0.25) is 9.36 Å². The predicted octanol–water partition coefficient (Wildman–Crippen LogP) is 5.37. The van der Waals surface area contributed by atoms with E-state index in [1.54, 1.807) is 69.5 Å². The van der Waals surface area contributed by atoms with Gasteiger partial charge in [0.15, 0.2) is 4.80 Å². The number of esters is 1. The van der Waals surface area contributed by atoms with E-state index in [9.17, 15) is 9.59 Å². The van der Waals surface area contributed by atoms with Crippen molar-refractivity contribution in [3.63, 3.8) is 0 Å². The number of hydrogen-bond acceptors (Lipinski definition) is 7. The van der Waals surface area contributed by atoms with Crippen molar-refractivity contribution in [3.05, 3.63) is 107 Å². The van der Waals surface area contributed by atoms with Crippen molar-refractivity contribution >= 4 is 46.6 Å². The average Bonchev–Trinajstić information content (AvgIpc) is 3.49. The molecule has 5 rings (SSSR count). The molecular weight excluding hydrogens is 547 g/mol. The Bertz CT molecular complexity index is 1770. The van der Waals surface area contributed by atoms with E-state index in [1.165, 1.54) is 15.9 Å². The van der Waals surface area contributed by atoms with Gasteiger partial charge in [0.25, 0.3) is 5.56 Å². The van der Waals surface area contributed by atoms with Gasteiger partial charge in [-0.05, 0) is 61.9 Å². The van der Waals surface area contributed by atoms with Gasteiger partial charge in [0, 0.05) is 11.6 Å². The molecule has 1 unspecified atom stereocenters. The van der Waals surface area contributed by atoms with Crippen LogP contribution in [0.15, 0.2) is 80.1 Å². The van der Waals surface area contributed by atoms with Crippen LogP contribution in [0, 0.1) is 0 Å². The number of carbonyl (C=O) groups excluding carboxylic acids is 1.